The molecule has 0 aromatic heterocycles. The van der Waals surface area contributed by atoms with Crippen LogP contribution in [-0.4, -0.2) is 18.5 Å². The molecule has 1 heterocycles. The number of ether oxygens (including phenoxy) is 1. The fourth-order valence-corrected chi connectivity index (χ4v) is 2.17. The van der Waals surface area contributed by atoms with Crippen molar-refractivity contribution in [3.8, 4) is 0 Å². The third kappa shape index (κ3) is 3.60. The Balaban J connectivity index is 1.88. The van der Waals surface area contributed by atoms with E-state index < -0.39 is 11.6 Å². The molecule has 1 aliphatic heterocycles. The standard InChI is InChI=1S/C14H16F2O2/c15-13-5-4-10(8-14(13)16)7-11(17)9-12-3-1-2-6-18-12/h4-5,8,12H,1-3,6-7,9H2. The van der Waals surface area contributed by atoms with E-state index in [0.29, 0.717) is 18.6 Å². The number of rotatable bonds is 4. The number of hydrogen-bond donors (Lipinski definition) is 0. The first kappa shape index (κ1) is 13.1. The van der Waals surface area contributed by atoms with E-state index in [2.05, 4.69) is 0 Å². The molecule has 0 aliphatic carbocycles. The van der Waals surface area contributed by atoms with Crippen molar-refractivity contribution in [3.05, 3.63) is 35.4 Å². The van der Waals surface area contributed by atoms with Crippen LogP contribution in [0.2, 0.25) is 0 Å². The van der Waals surface area contributed by atoms with Crippen LogP contribution < -0.4 is 0 Å². The molecule has 0 spiro atoms. The van der Waals surface area contributed by atoms with E-state index >= 15 is 0 Å². The summed E-state index contributed by atoms with van der Waals surface area (Å²) in [6, 6.07) is 3.57. The summed E-state index contributed by atoms with van der Waals surface area (Å²) >= 11 is 0. The van der Waals surface area contributed by atoms with Gasteiger partial charge < -0.3 is 4.74 Å². The van der Waals surface area contributed by atoms with Gasteiger partial charge >= 0.3 is 0 Å². The molecule has 1 aromatic carbocycles. The summed E-state index contributed by atoms with van der Waals surface area (Å²) in [6.45, 7) is 0.711. The molecule has 1 fully saturated rings. The Morgan fingerprint density at radius 1 is 1.28 bits per heavy atom. The smallest absolute Gasteiger partial charge is 0.159 e. The van der Waals surface area contributed by atoms with Gasteiger partial charge in [-0.15, -0.1) is 0 Å². The summed E-state index contributed by atoms with van der Waals surface area (Å²) in [4.78, 5) is 11.8. The molecule has 18 heavy (non-hydrogen) atoms. The van der Waals surface area contributed by atoms with Crippen LogP contribution in [0.25, 0.3) is 0 Å². The molecule has 1 unspecified atom stereocenters. The minimum atomic E-state index is -0.908. The maximum atomic E-state index is 13.0. The van der Waals surface area contributed by atoms with Crippen LogP contribution in [-0.2, 0) is 16.0 Å². The highest BCUT2D eigenvalue weighted by Crippen LogP contribution is 2.17. The highest BCUT2D eigenvalue weighted by atomic mass is 19.2. The first-order valence-electron chi connectivity index (χ1n) is 6.22. The first-order chi connectivity index (χ1) is 8.65. The van der Waals surface area contributed by atoms with Crippen molar-refractivity contribution in [2.45, 2.75) is 38.2 Å². The quantitative estimate of drug-likeness (QED) is 0.825. The van der Waals surface area contributed by atoms with Crippen molar-refractivity contribution >= 4 is 5.78 Å². The van der Waals surface area contributed by atoms with Gasteiger partial charge in [-0.2, -0.15) is 0 Å². The highest BCUT2D eigenvalue weighted by molar-refractivity contribution is 5.81. The number of Topliss-reactive ketones (excluding diaryl/α,β-unsaturated/α-hetero) is 1. The minimum Gasteiger partial charge on any atom is -0.378 e. The average molecular weight is 254 g/mol. The van der Waals surface area contributed by atoms with Crippen LogP contribution in [0, 0.1) is 11.6 Å². The van der Waals surface area contributed by atoms with E-state index in [1.54, 1.807) is 0 Å². The topological polar surface area (TPSA) is 26.3 Å². The predicted molar refractivity (Wildman–Crippen MR) is 63.3 cm³/mol. The van der Waals surface area contributed by atoms with Gasteiger partial charge in [-0.05, 0) is 37.0 Å². The van der Waals surface area contributed by atoms with Crippen molar-refractivity contribution < 1.29 is 18.3 Å². The van der Waals surface area contributed by atoms with Gasteiger partial charge in [-0.1, -0.05) is 6.07 Å². The van der Waals surface area contributed by atoms with E-state index in [1.807, 2.05) is 0 Å². The van der Waals surface area contributed by atoms with Crippen LogP contribution in [0.5, 0.6) is 0 Å². The Morgan fingerprint density at radius 2 is 2.11 bits per heavy atom. The van der Waals surface area contributed by atoms with Crippen LogP contribution in [0.15, 0.2) is 18.2 Å². The molecule has 1 saturated heterocycles. The lowest BCUT2D eigenvalue weighted by molar-refractivity contribution is -0.122. The lowest BCUT2D eigenvalue weighted by atomic mass is 10.00. The van der Waals surface area contributed by atoms with Gasteiger partial charge in [-0.3, -0.25) is 4.79 Å². The number of carbonyl (C=O) groups excluding carboxylic acids is 1. The number of halogens is 2. The first-order valence-corrected chi connectivity index (χ1v) is 6.22. The predicted octanol–water partition coefficient (Wildman–Crippen LogP) is 3.04. The van der Waals surface area contributed by atoms with E-state index in [-0.39, 0.29) is 18.3 Å². The molecular formula is C14H16F2O2. The lowest BCUT2D eigenvalue weighted by Crippen LogP contribution is -2.23. The second-order valence-electron chi connectivity index (χ2n) is 4.66. The van der Waals surface area contributed by atoms with Crippen molar-refractivity contribution in [2.24, 2.45) is 0 Å². The van der Waals surface area contributed by atoms with Crippen LogP contribution in [0.3, 0.4) is 0 Å². The molecule has 0 bridgehead atoms. The summed E-state index contributed by atoms with van der Waals surface area (Å²) in [5.74, 6) is -1.79. The van der Waals surface area contributed by atoms with Gasteiger partial charge in [0.25, 0.3) is 0 Å². The highest BCUT2D eigenvalue weighted by Gasteiger charge is 2.18. The SMILES string of the molecule is O=C(Cc1ccc(F)c(F)c1)CC1CCCCO1. The van der Waals surface area contributed by atoms with Crippen LogP contribution in [0.1, 0.15) is 31.2 Å². The van der Waals surface area contributed by atoms with Crippen LogP contribution >= 0.6 is 0 Å². The summed E-state index contributed by atoms with van der Waals surface area (Å²) in [6.07, 6.45) is 3.54. The second kappa shape index (κ2) is 6.05. The molecule has 1 aromatic rings. The molecule has 2 rings (SSSR count). The summed E-state index contributed by atoms with van der Waals surface area (Å²) in [7, 11) is 0. The zero-order chi connectivity index (χ0) is 13.0. The number of hydrogen-bond acceptors (Lipinski definition) is 2. The normalized spacial score (nSPS) is 19.8. The molecule has 0 saturated carbocycles. The van der Waals surface area contributed by atoms with E-state index in [0.717, 1.165) is 31.4 Å². The van der Waals surface area contributed by atoms with E-state index in [9.17, 15) is 13.6 Å². The van der Waals surface area contributed by atoms with Gasteiger partial charge in [0.2, 0.25) is 0 Å². The Hall–Kier alpha value is -1.29. The molecule has 0 radical (unpaired) electrons. The Bertz CT molecular complexity index is 426. The Kier molecular flexibility index (Phi) is 4.42. The fraction of sp³-hybridized carbons (Fsp3) is 0.500. The molecular weight excluding hydrogens is 238 g/mol. The third-order valence-electron chi connectivity index (χ3n) is 3.11. The number of ketones is 1. The zero-order valence-electron chi connectivity index (χ0n) is 10.1. The van der Waals surface area contributed by atoms with E-state index in [1.165, 1.54) is 6.07 Å². The molecule has 1 aliphatic rings. The molecule has 0 N–H and O–H groups in total. The fourth-order valence-electron chi connectivity index (χ4n) is 2.17. The molecule has 2 nitrogen and oxygen atoms in total. The Morgan fingerprint density at radius 3 is 2.78 bits per heavy atom. The second-order valence-corrected chi connectivity index (χ2v) is 4.66. The van der Waals surface area contributed by atoms with Crippen molar-refractivity contribution in [1.29, 1.82) is 0 Å². The maximum Gasteiger partial charge on any atom is 0.159 e. The van der Waals surface area contributed by atoms with Gasteiger partial charge in [-0.25, -0.2) is 8.78 Å². The van der Waals surface area contributed by atoms with E-state index in [4.69, 9.17) is 4.74 Å². The van der Waals surface area contributed by atoms with Gasteiger partial charge in [0.15, 0.2) is 11.6 Å². The largest absolute Gasteiger partial charge is 0.378 e. The van der Waals surface area contributed by atoms with Crippen LogP contribution in [0.4, 0.5) is 8.78 Å². The third-order valence-corrected chi connectivity index (χ3v) is 3.11. The average Bonchev–Trinajstić information content (AvgIpc) is 2.35. The summed E-state index contributed by atoms with van der Waals surface area (Å²) < 4.78 is 31.2. The lowest BCUT2D eigenvalue weighted by Gasteiger charge is -2.21. The monoisotopic (exact) mass is 254 g/mol. The summed E-state index contributed by atoms with van der Waals surface area (Å²) in [5, 5.41) is 0. The molecule has 0 amide bonds. The minimum absolute atomic E-state index is 0.00320. The number of carbonyl (C=O) groups is 1. The van der Waals surface area contributed by atoms with Crippen molar-refractivity contribution in [3.63, 3.8) is 0 Å². The van der Waals surface area contributed by atoms with Gasteiger partial charge in [0.05, 0.1) is 6.10 Å². The molecule has 98 valence electrons. The van der Waals surface area contributed by atoms with Crippen molar-refractivity contribution in [1.82, 2.24) is 0 Å². The molecule has 1 atom stereocenters. The zero-order valence-corrected chi connectivity index (χ0v) is 10.1. The number of benzene rings is 1. The van der Waals surface area contributed by atoms with Gasteiger partial charge in [0, 0.05) is 19.4 Å². The van der Waals surface area contributed by atoms with Gasteiger partial charge in [0.1, 0.15) is 5.78 Å². The summed E-state index contributed by atoms with van der Waals surface area (Å²) in [5.41, 5.74) is 0.509. The van der Waals surface area contributed by atoms with Crippen molar-refractivity contribution in [2.75, 3.05) is 6.61 Å². The maximum absolute atomic E-state index is 13.0. The molecule has 4 heteroatoms. The Labute approximate surface area is 105 Å².